The highest BCUT2D eigenvalue weighted by atomic mass is 16.6. The number of rotatable bonds is 5. The van der Waals surface area contributed by atoms with Gasteiger partial charge in [-0.1, -0.05) is 0 Å². The summed E-state index contributed by atoms with van der Waals surface area (Å²) in [5.41, 5.74) is -0.105. The Morgan fingerprint density at radius 3 is 2.59 bits per heavy atom. The molecule has 2 amide bonds. The van der Waals surface area contributed by atoms with E-state index in [1.54, 1.807) is 32.9 Å². The Morgan fingerprint density at radius 1 is 1.31 bits per heavy atom. The van der Waals surface area contributed by atoms with E-state index in [2.05, 4.69) is 15.5 Å². The minimum atomic E-state index is -0.610. The first-order valence-electron chi connectivity index (χ1n) is 9.44. The number of nitrogens with one attached hydrogen (secondary N) is 2. The summed E-state index contributed by atoms with van der Waals surface area (Å²) in [4.78, 5) is 39.1. The molecule has 0 unspecified atom stereocenters. The number of hydrogen-bond donors (Lipinski definition) is 2. The molecule has 0 spiro atoms. The van der Waals surface area contributed by atoms with Crippen LogP contribution in [0.5, 0.6) is 0 Å². The van der Waals surface area contributed by atoms with Gasteiger partial charge in [0.1, 0.15) is 11.3 Å². The number of benzene rings is 1. The second kappa shape index (κ2) is 9.08. The van der Waals surface area contributed by atoms with E-state index >= 15 is 0 Å². The third-order valence-corrected chi connectivity index (χ3v) is 4.54. The zero-order chi connectivity index (χ0) is 21.8. The van der Waals surface area contributed by atoms with Gasteiger partial charge in [0.2, 0.25) is 0 Å². The van der Waals surface area contributed by atoms with Crippen LogP contribution in [0.3, 0.4) is 0 Å². The van der Waals surface area contributed by atoms with E-state index in [1.165, 1.54) is 13.1 Å². The molecule has 0 radical (unpaired) electrons. The van der Waals surface area contributed by atoms with E-state index in [-0.39, 0.29) is 29.7 Å². The van der Waals surface area contributed by atoms with Crippen molar-refractivity contribution in [2.45, 2.75) is 32.4 Å². The molecule has 29 heavy (non-hydrogen) atoms. The highest BCUT2D eigenvalue weighted by Crippen LogP contribution is 2.32. The Morgan fingerprint density at radius 2 is 2.00 bits per heavy atom. The number of anilines is 1. The van der Waals surface area contributed by atoms with Gasteiger partial charge in [0.15, 0.2) is 0 Å². The number of carbonyl (C=O) groups excluding carboxylic acids is 2. The molecule has 0 saturated carbocycles. The van der Waals surface area contributed by atoms with Gasteiger partial charge in [-0.25, -0.2) is 4.79 Å². The monoisotopic (exact) mass is 407 g/mol. The van der Waals surface area contributed by atoms with Crippen LogP contribution in [0.4, 0.5) is 16.2 Å². The lowest BCUT2D eigenvalue weighted by Crippen LogP contribution is -2.56. The second-order valence-electron chi connectivity index (χ2n) is 8.03. The number of likely N-dealkylation sites (N-methyl/N-ethyl adjacent to an activating group) is 1. The van der Waals surface area contributed by atoms with Gasteiger partial charge in [0.05, 0.1) is 11.0 Å². The van der Waals surface area contributed by atoms with Crippen LogP contribution in [0.25, 0.3) is 0 Å². The molecule has 1 aromatic rings. The largest absolute Gasteiger partial charge is 0.444 e. The van der Waals surface area contributed by atoms with E-state index in [9.17, 15) is 19.7 Å². The van der Waals surface area contributed by atoms with Crippen LogP contribution in [-0.2, 0) is 4.74 Å². The Bertz CT molecular complexity index is 777. The average Bonchev–Trinajstić information content (AvgIpc) is 2.64. The summed E-state index contributed by atoms with van der Waals surface area (Å²) in [5, 5.41) is 16.9. The minimum Gasteiger partial charge on any atom is -0.444 e. The lowest BCUT2D eigenvalue weighted by molar-refractivity contribution is -0.384. The van der Waals surface area contributed by atoms with Gasteiger partial charge < -0.3 is 25.2 Å². The molecule has 1 aliphatic rings. The van der Waals surface area contributed by atoms with Gasteiger partial charge in [-0.2, -0.15) is 0 Å². The van der Waals surface area contributed by atoms with Gasteiger partial charge in [0, 0.05) is 44.9 Å². The molecule has 1 saturated heterocycles. The van der Waals surface area contributed by atoms with Crippen molar-refractivity contribution >= 4 is 23.4 Å². The molecule has 2 N–H and O–H groups in total. The number of nitro benzene ring substituents is 1. The fourth-order valence-electron chi connectivity index (χ4n) is 3.22. The number of amides is 2. The van der Waals surface area contributed by atoms with Crippen LogP contribution < -0.4 is 15.5 Å². The lowest BCUT2D eigenvalue weighted by atomic mass is 10.1. The van der Waals surface area contributed by atoms with Crippen LogP contribution in [0, 0.1) is 10.1 Å². The molecule has 10 heteroatoms. The maximum absolute atomic E-state index is 12.0. The molecule has 10 nitrogen and oxygen atoms in total. The van der Waals surface area contributed by atoms with Crippen LogP contribution in [0.1, 0.15) is 31.1 Å². The normalized spacial score (nSPS) is 17.6. The smallest absolute Gasteiger partial charge is 0.407 e. The fourth-order valence-corrected chi connectivity index (χ4v) is 3.22. The first-order chi connectivity index (χ1) is 13.5. The lowest BCUT2D eigenvalue weighted by Gasteiger charge is -2.41. The van der Waals surface area contributed by atoms with Crippen molar-refractivity contribution in [3.05, 3.63) is 33.9 Å². The minimum absolute atomic E-state index is 0.141. The SMILES string of the molecule is CNC(=O)c1ccc(N2CCN(C)C[C@H]2CNC(=O)OC(C)(C)C)c([N+](=O)[O-])c1. The van der Waals surface area contributed by atoms with Gasteiger partial charge in [-0.3, -0.25) is 14.9 Å². The summed E-state index contributed by atoms with van der Waals surface area (Å²) in [6, 6.07) is 4.25. The molecule has 0 aromatic heterocycles. The third kappa shape index (κ3) is 6.05. The fraction of sp³-hybridized carbons (Fsp3) is 0.579. The highest BCUT2D eigenvalue weighted by molar-refractivity contribution is 5.95. The standard InChI is InChI=1S/C19H29N5O5/c1-19(2,3)29-18(26)21-11-14-12-22(5)8-9-23(14)15-7-6-13(17(25)20-4)10-16(15)24(27)28/h6-7,10,14H,8-9,11-12H2,1-5H3,(H,20,25)(H,21,26)/t14-/m1/s1. The quantitative estimate of drug-likeness (QED) is 0.562. The van der Waals surface area contributed by atoms with Gasteiger partial charge in [0.25, 0.3) is 11.6 Å². The molecule has 1 fully saturated rings. The molecule has 0 aliphatic carbocycles. The molecular weight excluding hydrogens is 378 g/mol. The van der Waals surface area contributed by atoms with E-state index in [4.69, 9.17) is 4.74 Å². The first kappa shape index (κ1) is 22.4. The van der Waals surface area contributed by atoms with Crippen molar-refractivity contribution in [2.24, 2.45) is 0 Å². The number of alkyl carbamates (subject to hydrolysis) is 1. The van der Waals surface area contributed by atoms with Crippen molar-refractivity contribution < 1.29 is 19.2 Å². The maximum atomic E-state index is 12.0. The van der Waals surface area contributed by atoms with Crippen molar-refractivity contribution in [3.8, 4) is 0 Å². The maximum Gasteiger partial charge on any atom is 0.407 e. The van der Waals surface area contributed by atoms with Crippen molar-refractivity contribution in [1.29, 1.82) is 0 Å². The number of ether oxygens (including phenoxy) is 1. The topological polar surface area (TPSA) is 117 Å². The molecule has 1 aromatic carbocycles. The molecule has 1 aliphatic heterocycles. The summed E-state index contributed by atoms with van der Waals surface area (Å²) < 4.78 is 5.28. The summed E-state index contributed by atoms with van der Waals surface area (Å²) in [6.07, 6.45) is -0.532. The highest BCUT2D eigenvalue weighted by Gasteiger charge is 2.31. The van der Waals surface area contributed by atoms with Gasteiger partial charge >= 0.3 is 6.09 Å². The molecule has 0 bridgehead atoms. The van der Waals surface area contributed by atoms with Crippen LogP contribution in [-0.4, -0.2) is 73.7 Å². The van der Waals surface area contributed by atoms with E-state index in [1.807, 2.05) is 11.9 Å². The van der Waals surface area contributed by atoms with E-state index < -0.39 is 16.6 Å². The van der Waals surface area contributed by atoms with E-state index in [0.717, 1.165) is 6.54 Å². The zero-order valence-electron chi connectivity index (χ0n) is 17.5. The predicted octanol–water partition coefficient (Wildman–Crippen LogP) is 1.60. The first-order valence-corrected chi connectivity index (χ1v) is 9.44. The van der Waals surface area contributed by atoms with E-state index in [0.29, 0.717) is 18.8 Å². The number of nitro groups is 1. The Labute approximate surface area is 170 Å². The average molecular weight is 407 g/mol. The third-order valence-electron chi connectivity index (χ3n) is 4.54. The number of carbonyl (C=O) groups is 2. The number of piperazine rings is 1. The molecule has 2 rings (SSSR count). The van der Waals surface area contributed by atoms with Crippen molar-refractivity contribution in [2.75, 3.05) is 45.2 Å². The summed E-state index contributed by atoms with van der Waals surface area (Å²) in [5.74, 6) is -0.388. The van der Waals surface area contributed by atoms with Gasteiger partial charge in [-0.05, 0) is 40.0 Å². The predicted molar refractivity (Wildman–Crippen MR) is 109 cm³/mol. The number of nitrogens with zero attached hydrogens (tertiary/aromatic N) is 3. The second-order valence-corrected chi connectivity index (χ2v) is 8.03. The molecule has 1 heterocycles. The van der Waals surface area contributed by atoms with Crippen LogP contribution >= 0.6 is 0 Å². The molecule has 1 atom stereocenters. The Hall–Kier alpha value is -2.88. The van der Waals surface area contributed by atoms with Crippen LogP contribution in [0.2, 0.25) is 0 Å². The Kier molecular flexibility index (Phi) is 7.02. The number of hydrogen-bond acceptors (Lipinski definition) is 7. The Balaban J connectivity index is 2.26. The molecular formula is C19H29N5O5. The summed E-state index contributed by atoms with van der Waals surface area (Å²) in [7, 11) is 3.43. The molecule has 160 valence electrons. The van der Waals surface area contributed by atoms with Gasteiger partial charge in [-0.15, -0.1) is 0 Å². The zero-order valence-corrected chi connectivity index (χ0v) is 17.5. The van der Waals surface area contributed by atoms with Crippen molar-refractivity contribution in [1.82, 2.24) is 15.5 Å². The summed E-state index contributed by atoms with van der Waals surface area (Å²) in [6.45, 7) is 7.51. The van der Waals surface area contributed by atoms with Crippen LogP contribution in [0.15, 0.2) is 18.2 Å². The van der Waals surface area contributed by atoms with Crippen molar-refractivity contribution in [3.63, 3.8) is 0 Å². The summed E-state index contributed by atoms with van der Waals surface area (Å²) >= 11 is 0.